The van der Waals surface area contributed by atoms with Crippen molar-refractivity contribution in [1.82, 2.24) is 30.4 Å². The molecule has 2 unspecified atom stereocenters. The molecule has 8 nitrogen and oxygen atoms in total. The Kier molecular flexibility index (Phi) is 4.01. The van der Waals surface area contributed by atoms with Crippen LogP contribution >= 0.6 is 0 Å². The quantitative estimate of drug-likeness (QED) is 0.800. The molecule has 2 amide bonds. The van der Waals surface area contributed by atoms with Crippen LogP contribution in [0.1, 0.15) is 33.0 Å². The van der Waals surface area contributed by atoms with Gasteiger partial charge in [-0.1, -0.05) is 13.8 Å². The van der Waals surface area contributed by atoms with Gasteiger partial charge in [0.05, 0.1) is 13.6 Å². The molecule has 1 N–H and O–H groups in total. The molecule has 1 aliphatic heterocycles. The van der Waals surface area contributed by atoms with Crippen molar-refractivity contribution in [2.45, 2.75) is 45.8 Å². The summed E-state index contributed by atoms with van der Waals surface area (Å²) in [6, 6.07) is -0.981. The fourth-order valence-electron chi connectivity index (χ4n) is 2.32. The monoisotopic (exact) mass is 280 g/mol. The van der Waals surface area contributed by atoms with Gasteiger partial charge < -0.3 is 10.2 Å². The van der Waals surface area contributed by atoms with Crippen LogP contribution in [-0.2, 0) is 23.2 Å². The Bertz CT molecular complexity index is 512. The molecule has 110 valence electrons. The van der Waals surface area contributed by atoms with E-state index < -0.39 is 12.1 Å². The highest BCUT2D eigenvalue weighted by atomic mass is 16.2. The SMILES string of the molecule is CC(C)CC1C(=O)NC(C)C(=O)N1Cc1nnn(C)n1. The molecule has 20 heavy (non-hydrogen) atoms. The summed E-state index contributed by atoms with van der Waals surface area (Å²) in [5, 5.41) is 14.4. The molecule has 1 saturated heterocycles. The van der Waals surface area contributed by atoms with E-state index in [1.807, 2.05) is 13.8 Å². The number of rotatable bonds is 4. The zero-order valence-electron chi connectivity index (χ0n) is 12.2. The second kappa shape index (κ2) is 5.56. The van der Waals surface area contributed by atoms with Crippen LogP contribution in [0.15, 0.2) is 0 Å². The summed E-state index contributed by atoms with van der Waals surface area (Å²) < 4.78 is 0. The van der Waals surface area contributed by atoms with Crippen LogP contribution in [-0.4, -0.2) is 49.0 Å². The number of tetrazole rings is 1. The van der Waals surface area contributed by atoms with E-state index in [2.05, 4.69) is 20.7 Å². The highest BCUT2D eigenvalue weighted by Crippen LogP contribution is 2.19. The van der Waals surface area contributed by atoms with Gasteiger partial charge in [-0.2, -0.15) is 4.80 Å². The zero-order valence-corrected chi connectivity index (χ0v) is 12.2. The van der Waals surface area contributed by atoms with E-state index in [-0.39, 0.29) is 18.4 Å². The molecule has 2 heterocycles. The lowest BCUT2D eigenvalue weighted by molar-refractivity contribution is -0.150. The number of hydrogen-bond donors (Lipinski definition) is 1. The van der Waals surface area contributed by atoms with Gasteiger partial charge >= 0.3 is 0 Å². The second-order valence-corrected chi connectivity index (χ2v) is 5.54. The van der Waals surface area contributed by atoms with Crippen LogP contribution in [0.25, 0.3) is 0 Å². The fraction of sp³-hybridized carbons (Fsp3) is 0.750. The zero-order chi connectivity index (χ0) is 14.9. The van der Waals surface area contributed by atoms with Crippen LogP contribution in [0.4, 0.5) is 0 Å². The minimum Gasteiger partial charge on any atom is -0.343 e. The minimum absolute atomic E-state index is 0.109. The molecular weight excluding hydrogens is 260 g/mol. The van der Waals surface area contributed by atoms with E-state index in [0.717, 1.165) is 0 Å². The Labute approximate surface area is 117 Å². The lowest BCUT2D eigenvalue weighted by atomic mass is 9.98. The number of piperazine rings is 1. The average Bonchev–Trinajstić information content (AvgIpc) is 2.76. The Hall–Kier alpha value is -1.99. The number of nitrogens with zero attached hydrogens (tertiary/aromatic N) is 5. The third-order valence-corrected chi connectivity index (χ3v) is 3.25. The van der Waals surface area contributed by atoms with Crippen molar-refractivity contribution < 1.29 is 9.59 Å². The van der Waals surface area contributed by atoms with Crippen molar-refractivity contribution in [1.29, 1.82) is 0 Å². The predicted molar refractivity (Wildman–Crippen MR) is 70.2 cm³/mol. The van der Waals surface area contributed by atoms with Crippen molar-refractivity contribution in [3.05, 3.63) is 5.82 Å². The van der Waals surface area contributed by atoms with E-state index >= 15 is 0 Å². The lowest BCUT2D eigenvalue weighted by Crippen LogP contribution is -2.62. The molecule has 1 aromatic rings. The van der Waals surface area contributed by atoms with Crippen molar-refractivity contribution in [3.63, 3.8) is 0 Å². The van der Waals surface area contributed by atoms with Gasteiger partial charge in [0.15, 0.2) is 5.82 Å². The maximum Gasteiger partial charge on any atom is 0.245 e. The number of amides is 2. The van der Waals surface area contributed by atoms with E-state index in [0.29, 0.717) is 18.2 Å². The van der Waals surface area contributed by atoms with Crippen molar-refractivity contribution in [3.8, 4) is 0 Å². The molecule has 0 saturated carbocycles. The molecule has 0 aliphatic carbocycles. The summed E-state index contributed by atoms with van der Waals surface area (Å²) in [6.07, 6.45) is 0.616. The summed E-state index contributed by atoms with van der Waals surface area (Å²) in [6.45, 7) is 5.94. The number of nitrogens with one attached hydrogen (secondary N) is 1. The average molecular weight is 280 g/mol. The first-order valence-corrected chi connectivity index (χ1v) is 6.72. The first-order chi connectivity index (χ1) is 9.38. The van der Waals surface area contributed by atoms with Crippen LogP contribution in [0, 0.1) is 5.92 Å². The van der Waals surface area contributed by atoms with Gasteiger partial charge in [-0.25, -0.2) is 0 Å². The van der Waals surface area contributed by atoms with Gasteiger partial charge in [0, 0.05) is 0 Å². The second-order valence-electron chi connectivity index (χ2n) is 5.54. The van der Waals surface area contributed by atoms with E-state index in [1.54, 1.807) is 18.9 Å². The number of hydrogen-bond acceptors (Lipinski definition) is 5. The van der Waals surface area contributed by atoms with Gasteiger partial charge in [-0.15, -0.1) is 10.2 Å². The molecular formula is C12H20N6O2. The van der Waals surface area contributed by atoms with Crippen LogP contribution in [0.5, 0.6) is 0 Å². The van der Waals surface area contributed by atoms with E-state index in [9.17, 15) is 9.59 Å². The van der Waals surface area contributed by atoms with Crippen LogP contribution < -0.4 is 5.32 Å². The summed E-state index contributed by atoms with van der Waals surface area (Å²) >= 11 is 0. The van der Waals surface area contributed by atoms with Crippen molar-refractivity contribution in [2.24, 2.45) is 13.0 Å². The number of carbonyl (C=O) groups excluding carboxylic acids is 2. The standard InChI is InChI=1S/C12H20N6O2/c1-7(2)5-9-11(19)13-8(3)12(20)18(9)6-10-14-16-17(4)15-10/h7-9H,5-6H2,1-4H3,(H,13,19). The Morgan fingerprint density at radius 1 is 1.35 bits per heavy atom. The number of aromatic nitrogens is 4. The molecule has 0 spiro atoms. The molecule has 1 aliphatic rings. The molecule has 1 fully saturated rings. The van der Waals surface area contributed by atoms with Crippen LogP contribution in [0.3, 0.4) is 0 Å². The van der Waals surface area contributed by atoms with Gasteiger partial charge in [0.2, 0.25) is 11.8 Å². The topological polar surface area (TPSA) is 93.0 Å². The third kappa shape index (κ3) is 2.94. The largest absolute Gasteiger partial charge is 0.343 e. The molecule has 2 rings (SSSR count). The molecule has 0 aromatic carbocycles. The van der Waals surface area contributed by atoms with Crippen molar-refractivity contribution in [2.75, 3.05) is 0 Å². The van der Waals surface area contributed by atoms with Crippen molar-refractivity contribution >= 4 is 11.8 Å². The summed E-state index contributed by atoms with van der Waals surface area (Å²) in [5.41, 5.74) is 0. The molecule has 1 aromatic heterocycles. The number of carbonyl (C=O) groups is 2. The highest BCUT2D eigenvalue weighted by Gasteiger charge is 2.39. The highest BCUT2D eigenvalue weighted by molar-refractivity contribution is 5.96. The number of aryl methyl sites for hydroxylation is 1. The Morgan fingerprint density at radius 3 is 2.60 bits per heavy atom. The molecule has 0 bridgehead atoms. The summed E-state index contributed by atoms with van der Waals surface area (Å²) in [7, 11) is 1.66. The fourth-order valence-corrected chi connectivity index (χ4v) is 2.32. The maximum atomic E-state index is 12.3. The van der Waals surface area contributed by atoms with Gasteiger partial charge in [0.1, 0.15) is 12.1 Å². The predicted octanol–water partition coefficient (Wildman–Crippen LogP) is -0.528. The van der Waals surface area contributed by atoms with Gasteiger partial charge in [0.25, 0.3) is 0 Å². The molecule has 0 radical (unpaired) electrons. The summed E-state index contributed by atoms with van der Waals surface area (Å²) in [4.78, 5) is 27.3. The minimum atomic E-state index is -0.511. The van der Waals surface area contributed by atoms with Gasteiger partial charge in [-0.3, -0.25) is 9.59 Å². The Balaban J connectivity index is 2.22. The normalized spacial score (nSPS) is 23.4. The smallest absolute Gasteiger partial charge is 0.245 e. The van der Waals surface area contributed by atoms with E-state index in [1.165, 1.54) is 4.80 Å². The summed E-state index contributed by atoms with van der Waals surface area (Å²) in [5.74, 6) is 0.526. The van der Waals surface area contributed by atoms with Crippen LogP contribution in [0.2, 0.25) is 0 Å². The Morgan fingerprint density at radius 2 is 2.05 bits per heavy atom. The lowest BCUT2D eigenvalue weighted by Gasteiger charge is -2.38. The van der Waals surface area contributed by atoms with E-state index in [4.69, 9.17) is 0 Å². The maximum absolute atomic E-state index is 12.3. The first-order valence-electron chi connectivity index (χ1n) is 6.72. The molecule has 8 heteroatoms. The van der Waals surface area contributed by atoms with Gasteiger partial charge in [-0.05, 0) is 24.5 Å². The first kappa shape index (κ1) is 14.4. The third-order valence-electron chi connectivity index (χ3n) is 3.25. The molecule has 2 atom stereocenters.